The van der Waals surface area contributed by atoms with Gasteiger partial charge in [0.2, 0.25) is 0 Å². The Balaban J connectivity index is 0.00000441. The highest BCUT2D eigenvalue weighted by molar-refractivity contribution is 8.93. The van der Waals surface area contributed by atoms with Crippen LogP contribution in [0.1, 0.15) is 110 Å². The smallest absolute Gasteiger partial charge is 0.303 e. The van der Waals surface area contributed by atoms with Gasteiger partial charge in [0.05, 0.1) is 19.2 Å². The number of carbonyl (C=O) groups is 2. The number of benzene rings is 1. The number of hydrogen-bond acceptors (Lipinski definition) is 6. The second-order valence-electron chi connectivity index (χ2n) is 11.6. The molecule has 0 saturated heterocycles. The predicted molar refractivity (Wildman–Crippen MR) is 159 cm³/mol. The fraction of sp³-hybridized carbons (Fsp3) is 0.516. The van der Waals surface area contributed by atoms with Crippen LogP contribution in [-0.4, -0.2) is 45.7 Å². The SMILES string of the molecule is Br.CC(C)(C)c1cc(C(=O)CN2Cc3ccc(C4CC4)nc3C2=N)cc(CCCC#N)c1OCCCCC(=O)O. The third-order valence-electron chi connectivity index (χ3n) is 7.29. The van der Waals surface area contributed by atoms with Gasteiger partial charge in [-0.1, -0.05) is 26.8 Å². The number of aromatic nitrogens is 1. The van der Waals surface area contributed by atoms with Crippen LogP contribution in [-0.2, 0) is 23.2 Å². The first-order valence-electron chi connectivity index (χ1n) is 13.8. The van der Waals surface area contributed by atoms with Crippen molar-refractivity contribution in [1.29, 1.82) is 10.7 Å². The summed E-state index contributed by atoms with van der Waals surface area (Å²) in [6.45, 7) is 7.18. The Morgan fingerprint density at radius 2 is 1.95 bits per heavy atom. The summed E-state index contributed by atoms with van der Waals surface area (Å²) in [5.41, 5.74) is 4.77. The Morgan fingerprint density at radius 1 is 1.20 bits per heavy atom. The number of carboxylic acid groups (broad SMARTS) is 1. The second-order valence-corrected chi connectivity index (χ2v) is 11.6. The third kappa shape index (κ3) is 7.69. The van der Waals surface area contributed by atoms with E-state index in [-0.39, 0.29) is 41.1 Å². The Kier molecular flexibility index (Phi) is 10.5. The number of halogens is 1. The molecule has 0 radical (unpaired) electrons. The van der Waals surface area contributed by atoms with Crippen LogP contribution in [0.5, 0.6) is 5.75 Å². The lowest BCUT2D eigenvalue weighted by atomic mass is 9.82. The van der Waals surface area contributed by atoms with Crippen molar-refractivity contribution >= 4 is 34.6 Å². The molecule has 1 aliphatic heterocycles. The van der Waals surface area contributed by atoms with Gasteiger partial charge in [0, 0.05) is 47.7 Å². The van der Waals surface area contributed by atoms with Crippen molar-refractivity contribution in [2.45, 2.75) is 90.0 Å². The second kappa shape index (κ2) is 13.4. The first-order chi connectivity index (χ1) is 18.6. The van der Waals surface area contributed by atoms with E-state index in [1.54, 1.807) is 4.90 Å². The van der Waals surface area contributed by atoms with E-state index in [4.69, 9.17) is 25.5 Å². The van der Waals surface area contributed by atoms with Crippen LogP contribution in [0.15, 0.2) is 24.3 Å². The first-order valence-corrected chi connectivity index (χ1v) is 13.8. The molecule has 2 heterocycles. The minimum atomic E-state index is -0.821. The van der Waals surface area contributed by atoms with Crippen LogP contribution in [0.2, 0.25) is 0 Å². The number of ether oxygens (including phenoxy) is 1. The monoisotopic (exact) mass is 610 g/mol. The highest BCUT2D eigenvalue weighted by Gasteiger charge is 2.32. The standard InChI is InChI=1S/C31H38N4O4.BrH/c1-31(2,3)24-17-23(16-21(8-4-6-14-32)29(24)39-15-7-5-9-27(37)38)26(36)19-35-18-22-12-13-25(20-10-11-20)34-28(22)30(35)33;/h12-13,16-17,20,33H,4-11,15,18-19H2,1-3H3,(H,37,38);1H. The molecular formula is C31H39BrN4O4. The lowest BCUT2D eigenvalue weighted by molar-refractivity contribution is -0.137. The van der Waals surface area contributed by atoms with E-state index in [1.807, 2.05) is 18.2 Å². The zero-order chi connectivity index (χ0) is 28.2. The van der Waals surface area contributed by atoms with E-state index in [9.17, 15) is 9.59 Å². The molecule has 0 bridgehead atoms. The van der Waals surface area contributed by atoms with Gasteiger partial charge < -0.3 is 14.7 Å². The average molecular weight is 612 g/mol. The molecule has 0 unspecified atom stereocenters. The highest BCUT2D eigenvalue weighted by Crippen LogP contribution is 2.40. The van der Waals surface area contributed by atoms with Gasteiger partial charge in [-0.05, 0) is 67.7 Å². The van der Waals surface area contributed by atoms with Crippen molar-refractivity contribution in [2.24, 2.45) is 0 Å². The third-order valence-corrected chi connectivity index (χ3v) is 7.29. The van der Waals surface area contributed by atoms with Gasteiger partial charge in [0.15, 0.2) is 5.78 Å². The zero-order valence-corrected chi connectivity index (χ0v) is 25.3. The molecule has 0 atom stereocenters. The minimum absolute atomic E-state index is 0. The normalized spacial score (nSPS) is 14.3. The van der Waals surface area contributed by atoms with Gasteiger partial charge in [-0.3, -0.25) is 15.0 Å². The Bertz CT molecular complexity index is 1310. The number of carbonyl (C=O) groups excluding carboxylic acids is 1. The molecule has 0 spiro atoms. The summed E-state index contributed by atoms with van der Waals surface area (Å²) in [6, 6.07) is 10.1. The van der Waals surface area contributed by atoms with Crippen LogP contribution in [0.3, 0.4) is 0 Å². The number of nitrogens with one attached hydrogen (secondary N) is 1. The number of Topliss-reactive ketones (excluding diaryl/α,β-unsaturated/α-hetero) is 1. The lowest BCUT2D eigenvalue weighted by Crippen LogP contribution is -2.31. The fourth-order valence-electron chi connectivity index (χ4n) is 4.95. The molecule has 1 fully saturated rings. The number of carboxylic acids is 1. The summed E-state index contributed by atoms with van der Waals surface area (Å²) in [6.07, 6.45) is 5.19. The van der Waals surface area contributed by atoms with Gasteiger partial charge in [0.25, 0.3) is 0 Å². The van der Waals surface area contributed by atoms with E-state index in [0.717, 1.165) is 41.0 Å². The molecule has 2 aliphatic rings. The Hall–Kier alpha value is -3.25. The molecule has 9 heteroatoms. The van der Waals surface area contributed by atoms with Crippen LogP contribution in [0, 0.1) is 16.7 Å². The Morgan fingerprint density at radius 3 is 2.60 bits per heavy atom. The van der Waals surface area contributed by atoms with E-state index in [2.05, 4.69) is 32.9 Å². The quantitative estimate of drug-likeness (QED) is 0.200. The van der Waals surface area contributed by atoms with Crippen molar-refractivity contribution in [3.63, 3.8) is 0 Å². The van der Waals surface area contributed by atoms with E-state index in [1.165, 1.54) is 0 Å². The predicted octanol–water partition coefficient (Wildman–Crippen LogP) is 6.34. The van der Waals surface area contributed by atoms with Crippen LogP contribution in [0.4, 0.5) is 0 Å². The average Bonchev–Trinajstić information content (AvgIpc) is 3.68. The van der Waals surface area contributed by atoms with E-state index < -0.39 is 5.97 Å². The summed E-state index contributed by atoms with van der Waals surface area (Å²) in [7, 11) is 0. The molecule has 1 aromatic heterocycles. The van der Waals surface area contributed by atoms with Crippen molar-refractivity contribution in [1.82, 2.24) is 9.88 Å². The first kappa shape index (κ1) is 31.3. The van der Waals surface area contributed by atoms with Crippen molar-refractivity contribution in [3.05, 3.63) is 57.9 Å². The zero-order valence-electron chi connectivity index (χ0n) is 23.6. The summed E-state index contributed by atoms with van der Waals surface area (Å²) >= 11 is 0. The number of rotatable bonds is 13. The number of aliphatic carboxylic acids is 1. The molecule has 40 heavy (non-hydrogen) atoms. The van der Waals surface area contributed by atoms with Gasteiger partial charge >= 0.3 is 5.97 Å². The minimum Gasteiger partial charge on any atom is -0.493 e. The van der Waals surface area contributed by atoms with Crippen LogP contribution in [0.25, 0.3) is 0 Å². The highest BCUT2D eigenvalue weighted by atomic mass is 79.9. The van der Waals surface area contributed by atoms with Gasteiger partial charge in [0.1, 0.15) is 17.3 Å². The number of amidine groups is 1. The number of aryl methyl sites for hydroxylation is 1. The molecule has 8 nitrogen and oxygen atoms in total. The van der Waals surface area contributed by atoms with Crippen molar-refractivity contribution < 1.29 is 19.4 Å². The van der Waals surface area contributed by atoms with Gasteiger partial charge in [-0.25, -0.2) is 4.98 Å². The van der Waals surface area contributed by atoms with E-state index in [0.29, 0.717) is 68.3 Å². The van der Waals surface area contributed by atoms with Crippen LogP contribution >= 0.6 is 17.0 Å². The van der Waals surface area contributed by atoms with Crippen molar-refractivity contribution in [3.8, 4) is 11.8 Å². The number of pyridine rings is 1. The number of nitriles is 1. The molecule has 2 N–H and O–H groups in total. The maximum absolute atomic E-state index is 13.6. The molecule has 4 rings (SSSR count). The molecule has 1 aromatic carbocycles. The number of nitrogens with zero attached hydrogens (tertiary/aromatic N) is 3. The molecule has 214 valence electrons. The summed E-state index contributed by atoms with van der Waals surface area (Å²) in [5, 5.41) is 26.7. The summed E-state index contributed by atoms with van der Waals surface area (Å²) < 4.78 is 6.23. The molecule has 1 aliphatic carbocycles. The summed E-state index contributed by atoms with van der Waals surface area (Å²) in [5.74, 6) is 0.638. The van der Waals surface area contributed by atoms with Crippen LogP contribution < -0.4 is 4.74 Å². The summed E-state index contributed by atoms with van der Waals surface area (Å²) in [4.78, 5) is 31.0. The molecule has 0 amide bonds. The molecule has 1 saturated carbocycles. The number of unbranched alkanes of at least 4 members (excludes halogenated alkanes) is 2. The largest absolute Gasteiger partial charge is 0.493 e. The van der Waals surface area contributed by atoms with Crippen molar-refractivity contribution in [2.75, 3.05) is 13.2 Å². The Labute approximate surface area is 247 Å². The van der Waals surface area contributed by atoms with Gasteiger partial charge in [-0.2, -0.15) is 5.26 Å². The number of ketones is 1. The maximum atomic E-state index is 13.6. The maximum Gasteiger partial charge on any atom is 0.303 e. The number of fused-ring (bicyclic) bond motifs is 1. The topological polar surface area (TPSA) is 127 Å². The lowest BCUT2D eigenvalue weighted by Gasteiger charge is -2.26. The number of hydrogen-bond donors (Lipinski definition) is 2. The van der Waals surface area contributed by atoms with E-state index >= 15 is 0 Å². The van der Waals surface area contributed by atoms with Gasteiger partial charge in [-0.15, -0.1) is 17.0 Å². The molecular weight excluding hydrogens is 572 g/mol. The fourth-order valence-corrected chi connectivity index (χ4v) is 4.95. The molecule has 2 aromatic rings.